The minimum atomic E-state index is -1.27. The minimum Gasteiger partial charge on any atom is -0.422 e. The highest BCUT2D eigenvalue weighted by Gasteiger charge is 2.21. The molecule has 0 N–H and O–H groups in total. The number of esters is 2. The third-order valence-corrected chi connectivity index (χ3v) is 3.46. The number of hydrogen-bond acceptors (Lipinski definition) is 11. The van der Waals surface area contributed by atoms with E-state index in [0.29, 0.717) is 13.2 Å². The SMILES string of the molecule is CCCCOO/C=C(\C)C(=O)OC(C)OC(=O)OC(C)OC(=O)/C(C)=C/OOCCCC. The Balaban J connectivity index is 4.28. The first kappa shape index (κ1) is 29.2. The maximum Gasteiger partial charge on any atom is 0.514 e. The first-order valence-corrected chi connectivity index (χ1v) is 10.4. The van der Waals surface area contributed by atoms with Crippen LogP contribution in [0.1, 0.15) is 67.2 Å². The predicted octanol–water partition coefficient (Wildman–Crippen LogP) is 4.22. The van der Waals surface area contributed by atoms with Crippen LogP contribution in [0.3, 0.4) is 0 Å². The number of hydrogen-bond donors (Lipinski definition) is 0. The van der Waals surface area contributed by atoms with Crippen LogP contribution in [0.2, 0.25) is 0 Å². The van der Waals surface area contributed by atoms with E-state index >= 15 is 0 Å². The number of carbonyl (C=O) groups is 3. The molecule has 11 heteroatoms. The molecule has 0 aliphatic heterocycles. The van der Waals surface area contributed by atoms with E-state index in [1.54, 1.807) is 0 Å². The number of ether oxygens (including phenoxy) is 4. The summed E-state index contributed by atoms with van der Waals surface area (Å²) < 4.78 is 19.4. The van der Waals surface area contributed by atoms with Gasteiger partial charge in [0.1, 0.15) is 12.5 Å². The summed E-state index contributed by atoms with van der Waals surface area (Å²) in [5.74, 6) is -1.57. The quantitative estimate of drug-likeness (QED) is 0.0622. The summed E-state index contributed by atoms with van der Waals surface area (Å²) >= 11 is 0. The fourth-order valence-electron chi connectivity index (χ4n) is 1.65. The van der Waals surface area contributed by atoms with Crippen LogP contribution in [0.4, 0.5) is 4.79 Å². The van der Waals surface area contributed by atoms with Crippen molar-refractivity contribution in [2.24, 2.45) is 0 Å². The zero-order chi connectivity index (χ0) is 24.4. The van der Waals surface area contributed by atoms with Crippen LogP contribution in [0.15, 0.2) is 23.7 Å². The summed E-state index contributed by atoms with van der Waals surface area (Å²) in [5.41, 5.74) is 0.187. The molecule has 0 heterocycles. The molecule has 0 fully saturated rings. The molecule has 0 rings (SSSR count). The number of rotatable bonds is 16. The van der Waals surface area contributed by atoms with Crippen molar-refractivity contribution in [2.45, 2.75) is 79.8 Å². The Morgan fingerprint density at radius 1 is 0.688 bits per heavy atom. The lowest BCUT2D eigenvalue weighted by molar-refractivity contribution is -0.250. The van der Waals surface area contributed by atoms with E-state index in [9.17, 15) is 14.4 Å². The smallest absolute Gasteiger partial charge is 0.422 e. The van der Waals surface area contributed by atoms with Crippen LogP contribution >= 0.6 is 0 Å². The lowest BCUT2D eigenvalue weighted by atomic mass is 10.3. The third-order valence-electron chi connectivity index (χ3n) is 3.46. The lowest BCUT2D eigenvalue weighted by Crippen LogP contribution is -2.27. The normalized spacial score (nSPS) is 13.6. The van der Waals surface area contributed by atoms with Crippen molar-refractivity contribution < 1.29 is 52.9 Å². The molecule has 11 nitrogen and oxygen atoms in total. The third kappa shape index (κ3) is 15.1. The second-order valence-electron chi connectivity index (χ2n) is 6.58. The Labute approximate surface area is 188 Å². The van der Waals surface area contributed by atoms with Crippen LogP contribution in [0.25, 0.3) is 0 Å². The molecular weight excluding hydrogens is 428 g/mol. The van der Waals surface area contributed by atoms with E-state index in [1.165, 1.54) is 27.7 Å². The Hall–Kier alpha value is -2.79. The second-order valence-corrected chi connectivity index (χ2v) is 6.58. The van der Waals surface area contributed by atoms with Gasteiger partial charge in [0.25, 0.3) is 0 Å². The standard InChI is InChI=1S/C21H34O11/c1-7-9-11-25-27-13-15(3)19(22)29-17(5)31-21(24)32-18(6)30-20(23)16(4)14-28-26-12-10-8-2/h13-14,17-18H,7-12H2,1-6H3/b15-13+,16-14+. The molecule has 0 aromatic rings. The molecule has 0 bridgehead atoms. The Kier molecular flexibility index (Phi) is 16.3. The van der Waals surface area contributed by atoms with Gasteiger partial charge in [-0.2, -0.15) is 9.78 Å². The zero-order valence-electron chi connectivity index (χ0n) is 19.5. The molecule has 0 spiro atoms. The van der Waals surface area contributed by atoms with Crippen LogP contribution in [-0.2, 0) is 48.1 Å². The van der Waals surface area contributed by atoms with Crippen LogP contribution in [0, 0.1) is 0 Å². The Morgan fingerprint density at radius 2 is 1.06 bits per heavy atom. The molecule has 2 unspecified atom stereocenters. The van der Waals surface area contributed by atoms with Crippen molar-refractivity contribution >= 4 is 18.1 Å². The molecule has 0 radical (unpaired) electrons. The maximum absolute atomic E-state index is 11.9. The van der Waals surface area contributed by atoms with Gasteiger partial charge < -0.3 is 28.7 Å². The average Bonchev–Trinajstić information content (AvgIpc) is 2.72. The average molecular weight is 462 g/mol. The first-order chi connectivity index (χ1) is 15.2. The van der Waals surface area contributed by atoms with Crippen molar-refractivity contribution in [3.8, 4) is 0 Å². The molecule has 0 aromatic heterocycles. The van der Waals surface area contributed by atoms with Crippen LogP contribution in [0.5, 0.6) is 0 Å². The molecule has 184 valence electrons. The Bertz CT molecular complexity index is 575. The fourth-order valence-corrected chi connectivity index (χ4v) is 1.65. The maximum atomic E-state index is 11.9. The summed E-state index contributed by atoms with van der Waals surface area (Å²) in [4.78, 5) is 54.8. The van der Waals surface area contributed by atoms with Gasteiger partial charge in [-0.1, -0.05) is 26.7 Å². The van der Waals surface area contributed by atoms with E-state index in [4.69, 9.17) is 38.5 Å². The van der Waals surface area contributed by atoms with Gasteiger partial charge in [0.15, 0.2) is 0 Å². The summed E-state index contributed by atoms with van der Waals surface area (Å²) in [6.45, 7) is 10.3. The van der Waals surface area contributed by atoms with Crippen molar-refractivity contribution in [2.75, 3.05) is 13.2 Å². The number of unbranched alkanes of at least 4 members (excludes halogenated alkanes) is 2. The molecule has 0 saturated heterocycles. The van der Waals surface area contributed by atoms with Crippen molar-refractivity contribution in [1.29, 1.82) is 0 Å². The van der Waals surface area contributed by atoms with E-state index in [1.807, 2.05) is 13.8 Å². The van der Waals surface area contributed by atoms with Crippen molar-refractivity contribution in [3.05, 3.63) is 23.7 Å². The van der Waals surface area contributed by atoms with Gasteiger partial charge >= 0.3 is 18.1 Å². The van der Waals surface area contributed by atoms with Gasteiger partial charge in [-0.25, -0.2) is 14.4 Å². The highest BCUT2D eigenvalue weighted by atomic mass is 17.2. The van der Waals surface area contributed by atoms with Gasteiger partial charge in [0.2, 0.25) is 12.6 Å². The summed E-state index contributed by atoms with van der Waals surface area (Å²) in [5, 5.41) is 0. The van der Waals surface area contributed by atoms with Gasteiger partial charge in [-0.3, -0.25) is 0 Å². The van der Waals surface area contributed by atoms with Crippen LogP contribution in [-0.4, -0.2) is 43.9 Å². The van der Waals surface area contributed by atoms with Gasteiger partial charge in [-0.05, 0) is 26.7 Å². The molecule has 0 aliphatic rings. The van der Waals surface area contributed by atoms with Crippen molar-refractivity contribution in [1.82, 2.24) is 0 Å². The van der Waals surface area contributed by atoms with E-state index in [-0.39, 0.29) is 11.1 Å². The summed E-state index contributed by atoms with van der Waals surface area (Å²) in [6, 6.07) is 0. The van der Waals surface area contributed by atoms with Crippen molar-refractivity contribution in [3.63, 3.8) is 0 Å². The van der Waals surface area contributed by atoms with Gasteiger partial charge in [0, 0.05) is 13.8 Å². The molecule has 0 aromatic carbocycles. The molecule has 32 heavy (non-hydrogen) atoms. The highest BCUT2D eigenvalue weighted by Crippen LogP contribution is 2.07. The predicted molar refractivity (Wildman–Crippen MR) is 110 cm³/mol. The lowest BCUT2D eigenvalue weighted by Gasteiger charge is -2.17. The molecule has 2 atom stereocenters. The van der Waals surface area contributed by atoms with Crippen LogP contribution < -0.4 is 0 Å². The summed E-state index contributed by atoms with van der Waals surface area (Å²) in [7, 11) is 0. The summed E-state index contributed by atoms with van der Waals surface area (Å²) in [6.07, 6.45) is 1.94. The molecule has 0 aliphatic carbocycles. The largest absolute Gasteiger partial charge is 0.514 e. The van der Waals surface area contributed by atoms with E-state index in [2.05, 4.69) is 0 Å². The van der Waals surface area contributed by atoms with Gasteiger partial charge in [-0.15, -0.1) is 0 Å². The van der Waals surface area contributed by atoms with E-state index < -0.39 is 30.7 Å². The molecular formula is C21H34O11. The fraction of sp³-hybridized carbons (Fsp3) is 0.667. The molecule has 0 saturated carbocycles. The number of carbonyl (C=O) groups excluding carboxylic acids is 3. The minimum absolute atomic E-state index is 0.0933. The zero-order valence-corrected chi connectivity index (χ0v) is 19.5. The van der Waals surface area contributed by atoms with Gasteiger partial charge in [0.05, 0.1) is 24.4 Å². The topological polar surface area (TPSA) is 125 Å². The monoisotopic (exact) mass is 462 g/mol. The highest BCUT2D eigenvalue weighted by molar-refractivity contribution is 5.88. The van der Waals surface area contributed by atoms with E-state index in [0.717, 1.165) is 38.2 Å². The second kappa shape index (κ2) is 17.8. The first-order valence-electron chi connectivity index (χ1n) is 10.4. The Morgan fingerprint density at radius 3 is 1.41 bits per heavy atom. The molecule has 0 amide bonds.